The van der Waals surface area contributed by atoms with Crippen molar-refractivity contribution >= 4 is 0 Å². The lowest BCUT2D eigenvalue weighted by molar-refractivity contribution is 0.201. The molecule has 0 aromatic heterocycles. The summed E-state index contributed by atoms with van der Waals surface area (Å²) in [6, 6.07) is 0.656. The molecular weight excluding hydrogens is 136 g/mol. The van der Waals surface area contributed by atoms with Crippen molar-refractivity contribution in [3.05, 3.63) is 0 Å². The first-order chi connectivity index (χ1) is 5.36. The van der Waals surface area contributed by atoms with E-state index in [9.17, 15) is 0 Å². The SMILES string of the molecule is CCCN1CCC([N]C)CC1. The van der Waals surface area contributed by atoms with Gasteiger partial charge >= 0.3 is 0 Å². The minimum atomic E-state index is 0.656. The van der Waals surface area contributed by atoms with Gasteiger partial charge in [0.25, 0.3) is 0 Å². The summed E-state index contributed by atoms with van der Waals surface area (Å²) in [6.07, 6.45) is 3.83. The first-order valence-corrected chi connectivity index (χ1v) is 4.68. The second-order valence-corrected chi connectivity index (χ2v) is 3.33. The van der Waals surface area contributed by atoms with Crippen LogP contribution in [-0.4, -0.2) is 37.6 Å². The highest BCUT2D eigenvalue weighted by Gasteiger charge is 2.16. The van der Waals surface area contributed by atoms with E-state index in [0.717, 1.165) is 0 Å². The van der Waals surface area contributed by atoms with Crippen molar-refractivity contribution in [2.24, 2.45) is 0 Å². The quantitative estimate of drug-likeness (QED) is 0.596. The summed E-state index contributed by atoms with van der Waals surface area (Å²) in [5.41, 5.74) is 0. The van der Waals surface area contributed by atoms with Gasteiger partial charge in [-0.25, -0.2) is 5.32 Å². The van der Waals surface area contributed by atoms with Crippen LogP contribution in [0, 0.1) is 0 Å². The van der Waals surface area contributed by atoms with Crippen molar-refractivity contribution in [2.45, 2.75) is 32.2 Å². The van der Waals surface area contributed by atoms with Gasteiger partial charge in [-0.2, -0.15) is 0 Å². The number of hydrogen-bond acceptors (Lipinski definition) is 1. The third kappa shape index (κ3) is 2.80. The molecule has 2 nitrogen and oxygen atoms in total. The zero-order valence-corrected chi connectivity index (χ0v) is 7.71. The van der Waals surface area contributed by atoms with Crippen LogP contribution >= 0.6 is 0 Å². The van der Waals surface area contributed by atoms with Crippen molar-refractivity contribution < 1.29 is 0 Å². The van der Waals surface area contributed by atoms with Crippen molar-refractivity contribution in [1.82, 2.24) is 10.2 Å². The Labute approximate surface area is 70.0 Å². The van der Waals surface area contributed by atoms with Gasteiger partial charge in [-0.1, -0.05) is 6.92 Å². The summed E-state index contributed by atoms with van der Waals surface area (Å²) in [6.45, 7) is 6.04. The summed E-state index contributed by atoms with van der Waals surface area (Å²) < 4.78 is 0. The van der Waals surface area contributed by atoms with E-state index in [-0.39, 0.29) is 0 Å². The minimum Gasteiger partial charge on any atom is -0.303 e. The molecule has 0 amide bonds. The lowest BCUT2D eigenvalue weighted by Gasteiger charge is -2.30. The normalized spacial score (nSPS) is 22.4. The van der Waals surface area contributed by atoms with Crippen LogP contribution in [0.2, 0.25) is 0 Å². The Bertz CT molecular complexity index is 95.7. The molecule has 0 N–H and O–H groups in total. The predicted octanol–water partition coefficient (Wildman–Crippen LogP) is 1.09. The van der Waals surface area contributed by atoms with Gasteiger partial charge in [0.2, 0.25) is 0 Å². The van der Waals surface area contributed by atoms with Crippen LogP contribution in [0.3, 0.4) is 0 Å². The van der Waals surface area contributed by atoms with E-state index in [1.165, 1.54) is 38.9 Å². The molecule has 1 aliphatic heterocycles. The van der Waals surface area contributed by atoms with Crippen LogP contribution in [0.5, 0.6) is 0 Å². The highest BCUT2D eigenvalue weighted by molar-refractivity contribution is 4.74. The molecule has 0 atom stereocenters. The van der Waals surface area contributed by atoms with Crippen molar-refractivity contribution in [3.8, 4) is 0 Å². The smallest absolute Gasteiger partial charge is 0.0267 e. The zero-order chi connectivity index (χ0) is 8.10. The van der Waals surface area contributed by atoms with Crippen LogP contribution in [0.15, 0.2) is 0 Å². The Morgan fingerprint density at radius 2 is 2.00 bits per heavy atom. The monoisotopic (exact) mass is 155 g/mol. The minimum absolute atomic E-state index is 0.656. The van der Waals surface area contributed by atoms with Gasteiger partial charge in [0.05, 0.1) is 0 Å². The van der Waals surface area contributed by atoms with Gasteiger partial charge in [0, 0.05) is 13.1 Å². The maximum atomic E-state index is 4.32. The molecule has 1 aliphatic rings. The fraction of sp³-hybridized carbons (Fsp3) is 1.00. The summed E-state index contributed by atoms with van der Waals surface area (Å²) in [4.78, 5) is 2.54. The number of rotatable bonds is 3. The third-order valence-electron chi connectivity index (χ3n) is 2.46. The summed E-state index contributed by atoms with van der Waals surface area (Å²) in [7, 11) is 1.94. The van der Waals surface area contributed by atoms with Crippen LogP contribution in [0.1, 0.15) is 26.2 Å². The van der Waals surface area contributed by atoms with Gasteiger partial charge < -0.3 is 4.90 Å². The Morgan fingerprint density at radius 3 is 2.45 bits per heavy atom. The Kier molecular flexibility index (Phi) is 3.87. The first kappa shape index (κ1) is 9.01. The van der Waals surface area contributed by atoms with E-state index in [4.69, 9.17) is 0 Å². The van der Waals surface area contributed by atoms with Gasteiger partial charge in [0.15, 0.2) is 0 Å². The van der Waals surface area contributed by atoms with Crippen LogP contribution < -0.4 is 5.32 Å². The summed E-state index contributed by atoms with van der Waals surface area (Å²) in [5, 5.41) is 4.32. The van der Waals surface area contributed by atoms with Gasteiger partial charge in [-0.3, -0.25) is 0 Å². The van der Waals surface area contributed by atoms with Gasteiger partial charge in [-0.15, -0.1) is 0 Å². The Hall–Kier alpha value is -0.0800. The average molecular weight is 155 g/mol. The maximum absolute atomic E-state index is 4.32. The molecule has 2 heteroatoms. The van der Waals surface area contributed by atoms with E-state index >= 15 is 0 Å². The zero-order valence-electron chi connectivity index (χ0n) is 7.71. The number of piperidine rings is 1. The molecule has 11 heavy (non-hydrogen) atoms. The molecule has 1 radical (unpaired) electrons. The lowest BCUT2D eigenvalue weighted by Crippen LogP contribution is -2.39. The van der Waals surface area contributed by atoms with E-state index in [1.54, 1.807) is 0 Å². The average Bonchev–Trinajstić information content (AvgIpc) is 2.07. The summed E-state index contributed by atoms with van der Waals surface area (Å²) >= 11 is 0. The molecule has 1 saturated heterocycles. The fourth-order valence-electron chi connectivity index (χ4n) is 1.72. The van der Waals surface area contributed by atoms with Gasteiger partial charge in [-0.05, 0) is 38.9 Å². The highest BCUT2D eigenvalue weighted by Crippen LogP contribution is 2.10. The van der Waals surface area contributed by atoms with Crippen molar-refractivity contribution in [1.29, 1.82) is 0 Å². The maximum Gasteiger partial charge on any atom is 0.0267 e. The molecule has 0 saturated carbocycles. The number of nitrogens with zero attached hydrogens (tertiary/aromatic N) is 2. The molecule has 0 unspecified atom stereocenters. The highest BCUT2D eigenvalue weighted by atomic mass is 15.1. The third-order valence-corrected chi connectivity index (χ3v) is 2.46. The number of likely N-dealkylation sites (tertiary alicyclic amines) is 1. The standard InChI is InChI=1S/C9H19N2/c1-3-6-11-7-4-9(10-2)5-8-11/h9H,3-8H2,1-2H3. The second-order valence-electron chi connectivity index (χ2n) is 3.33. The molecule has 0 spiro atoms. The fourth-order valence-corrected chi connectivity index (χ4v) is 1.72. The molecule has 1 rings (SSSR count). The summed E-state index contributed by atoms with van der Waals surface area (Å²) in [5.74, 6) is 0. The first-order valence-electron chi connectivity index (χ1n) is 4.68. The topological polar surface area (TPSA) is 17.3 Å². The van der Waals surface area contributed by atoms with E-state index in [2.05, 4.69) is 17.1 Å². The van der Waals surface area contributed by atoms with Crippen molar-refractivity contribution in [2.75, 3.05) is 26.7 Å². The van der Waals surface area contributed by atoms with Crippen LogP contribution in [0.25, 0.3) is 0 Å². The molecule has 0 aromatic rings. The molecule has 0 aromatic carbocycles. The molecule has 0 bridgehead atoms. The van der Waals surface area contributed by atoms with E-state index in [1.807, 2.05) is 7.05 Å². The Balaban J connectivity index is 2.14. The molecule has 1 fully saturated rings. The number of hydrogen-bond donors (Lipinski definition) is 0. The van der Waals surface area contributed by atoms with Crippen LogP contribution in [-0.2, 0) is 0 Å². The van der Waals surface area contributed by atoms with E-state index in [0.29, 0.717) is 6.04 Å². The van der Waals surface area contributed by atoms with Crippen molar-refractivity contribution in [3.63, 3.8) is 0 Å². The molecule has 0 aliphatic carbocycles. The van der Waals surface area contributed by atoms with Gasteiger partial charge in [0.1, 0.15) is 0 Å². The van der Waals surface area contributed by atoms with Crippen LogP contribution in [0.4, 0.5) is 0 Å². The molecule has 65 valence electrons. The molecular formula is C9H19N2. The second kappa shape index (κ2) is 4.73. The van der Waals surface area contributed by atoms with E-state index < -0.39 is 0 Å². The largest absolute Gasteiger partial charge is 0.303 e. The lowest BCUT2D eigenvalue weighted by atomic mass is 10.1. The Morgan fingerprint density at radius 1 is 1.36 bits per heavy atom. The molecule has 1 heterocycles. The predicted molar refractivity (Wildman–Crippen MR) is 47.8 cm³/mol.